The van der Waals surface area contributed by atoms with Gasteiger partial charge in [0.1, 0.15) is 35.4 Å². The Morgan fingerprint density at radius 1 is 0.833 bits per heavy atom. The minimum Gasteiger partial charge on any atom is -0.508 e. The molecule has 1 heterocycles. The van der Waals surface area contributed by atoms with Crippen molar-refractivity contribution < 1.29 is 58.4 Å². The molecule has 1 aliphatic heterocycles. The highest BCUT2D eigenvalue weighted by Crippen LogP contribution is 2.48. The number of nitrogens with one attached hydrogen (secondary N) is 3. The fourth-order valence-corrected chi connectivity index (χ4v) is 8.56. The van der Waals surface area contributed by atoms with Gasteiger partial charge in [0.15, 0.2) is 0 Å². The lowest BCUT2D eigenvalue weighted by Gasteiger charge is -2.29. The van der Waals surface area contributed by atoms with E-state index in [9.17, 15) is 53.8 Å². The van der Waals surface area contributed by atoms with Crippen molar-refractivity contribution in [3.63, 3.8) is 0 Å². The Labute approximate surface area is 350 Å². The number of phenols is 1. The van der Waals surface area contributed by atoms with Gasteiger partial charge in [0.25, 0.3) is 30.4 Å². The number of carbonyl (C=O) groups is 3. The standard InChI is InChI=1S/C39H53N5O13S3/c1-23-14-15-26(17-27(23)38(4,5)25(3)12-10-9-11-13-34-39(6,7)28-16-24(2)33(45)18-32(28)44(34)8)19-41-36(47)30(21-59(52,53)54)43-37(48)31(22-60(55,56)57)42-35(46)29(40)20-58(49,50)51/h9-18,29-31,45H,3,19-22,40H2,1-2,4-8H3,(H,41,47)(H,42,46)(H,43,48)(H,49,50,51)(H,52,53,54)(H,55,56,57)/b11-9+,12-10+,34-13+. The second-order valence-corrected chi connectivity index (χ2v) is 20.1. The fraction of sp³-hybridized carbons (Fsp3) is 0.410. The molecular weight excluding hydrogens is 843 g/mol. The van der Waals surface area contributed by atoms with Crippen LogP contribution in [0.4, 0.5) is 5.69 Å². The summed E-state index contributed by atoms with van der Waals surface area (Å²) in [7, 11) is -12.9. The quantitative estimate of drug-likeness (QED) is 0.0783. The Balaban J connectivity index is 1.76. The maximum atomic E-state index is 13.3. The number of benzene rings is 2. The van der Waals surface area contributed by atoms with Gasteiger partial charge in [-0.15, -0.1) is 0 Å². The Kier molecular flexibility index (Phi) is 15.5. The van der Waals surface area contributed by atoms with Crippen LogP contribution >= 0.6 is 0 Å². The molecule has 3 unspecified atom stereocenters. The van der Waals surface area contributed by atoms with Gasteiger partial charge in [-0.05, 0) is 59.4 Å². The number of phenolic OH excluding ortho intramolecular Hbond substituents is 1. The van der Waals surface area contributed by atoms with Crippen LogP contribution in [0.1, 0.15) is 55.5 Å². The molecule has 2 aromatic carbocycles. The highest BCUT2D eigenvalue weighted by molar-refractivity contribution is 7.86. The maximum absolute atomic E-state index is 13.3. The molecule has 0 saturated carbocycles. The van der Waals surface area contributed by atoms with E-state index in [1.165, 1.54) is 0 Å². The first-order valence-corrected chi connectivity index (χ1v) is 23.1. The van der Waals surface area contributed by atoms with Crippen molar-refractivity contribution in [2.75, 3.05) is 29.2 Å². The van der Waals surface area contributed by atoms with Crippen LogP contribution in [0.25, 0.3) is 0 Å². The Bertz CT molecular complexity index is 2460. The van der Waals surface area contributed by atoms with Crippen molar-refractivity contribution in [3.05, 3.63) is 106 Å². The van der Waals surface area contributed by atoms with Gasteiger partial charge < -0.3 is 31.7 Å². The van der Waals surface area contributed by atoms with E-state index in [0.717, 1.165) is 39.2 Å². The summed E-state index contributed by atoms with van der Waals surface area (Å²) >= 11 is 0. The topological polar surface area (TPSA) is 300 Å². The maximum Gasteiger partial charge on any atom is 0.267 e. The number of rotatable bonds is 18. The van der Waals surface area contributed by atoms with Crippen LogP contribution in [0.3, 0.4) is 0 Å². The van der Waals surface area contributed by atoms with Gasteiger partial charge in [-0.25, -0.2) is 0 Å². The van der Waals surface area contributed by atoms with E-state index in [1.807, 2.05) is 76.5 Å². The molecule has 0 radical (unpaired) electrons. The van der Waals surface area contributed by atoms with E-state index >= 15 is 0 Å². The fourth-order valence-electron chi connectivity index (χ4n) is 6.64. The van der Waals surface area contributed by atoms with Crippen molar-refractivity contribution in [3.8, 4) is 5.75 Å². The summed E-state index contributed by atoms with van der Waals surface area (Å²) in [4.78, 5) is 40.8. The van der Waals surface area contributed by atoms with E-state index < -0.39 is 88.9 Å². The van der Waals surface area contributed by atoms with E-state index in [1.54, 1.807) is 29.6 Å². The van der Waals surface area contributed by atoms with Crippen molar-refractivity contribution in [2.45, 2.75) is 77.0 Å². The summed E-state index contributed by atoms with van der Waals surface area (Å²) in [6, 6.07) is 2.75. The first-order valence-electron chi connectivity index (χ1n) is 18.3. The van der Waals surface area contributed by atoms with Gasteiger partial charge in [-0.3, -0.25) is 28.0 Å². The number of carbonyl (C=O) groups excluding carboxylic acids is 3. The molecule has 2 aromatic rings. The summed E-state index contributed by atoms with van der Waals surface area (Å²) in [5.74, 6) is -8.14. The molecule has 0 fully saturated rings. The van der Waals surface area contributed by atoms with Crippen LogP contribution in [-0.2, 0) is 62.1 Å². The van der Waals surface area contributed by atoms with Gasteiger partial charge in [-0.2, -0.15) is 25.3 Å². The number of nitrogens with zero attached hydrogens (tertiary/aromatic N) is 1. The molecule has 1 aliphatic rings. The van der Waals surface area contributed by atoms with Crippen LogP contribution in [0.2, 0.25) is 0 Å². The minimum atomic E-state index is -5.04. The second-order valence-electron chi connectivity index (χ2n) is 15.6. The number of anilines is 1. The molecule has 18 nitrogen and oxygen atoms in total. The molecule has 3 rings (SSSR count). The molecule has 3 amide bonds. The number of allylic oxidation sites excluding steroid dienone is 7. The smallest absolute Gasteiger partial charge is 0.267 e. The molecule has 9 N–H and O–H groups in total. The number of aromatic hydroxyl groups is 1. The number of hydrogen-bond donors (Lipinski definition) is 8. The third-order valence-electron chi connectivity index (χ3n) is 10.1. The predicted molar refractivity (Wildman–Crippen MR) is 227 cm³/mol. The number of likely N-dealkylation sites (N-methyl/N-ethyl adjacent to an activating group) is 1. The summed E-state index contributed by atoms with van der Waals surface area (Å²) < 4.78 is 97.0. The third-order valence-corrected chi connectivity index (χ3v) is 12.4. The predicted octanol–water partition coefficient (Wildman–Crippen LogP) is 1.84. The molecule has 60 heavy (non-hydrogen) atoms. The van der Waals surface area contributed by atoms with Crippen LogP contribution in [0, 0.1) is 13.8 Å². The lowest BCUT2D eigenvalue weighted by atomic mass is 9.75. The number of nitrogens with two attached hydrogens (primary N) is 1. The van der Waals surface area contributed by atoms with Crippen LogP contribution in [0.5, 0.6) is 5.75 Å². The summed E-state index contributed by atoms with van der Waals surface area (Å²) in [5, 5.41) is 16.4. The van der Waals surface area contributed by atoms with E-state index in [-0.39, 0.29) is 17.7 Å². The molecule has 21 heteroatoms. The average Bonchev–Trinajstić information content (AvgIpc) is 3.27. The molecular formula is C39H53N5O13S3. The Hall–Kier alpha value is -4.90. The Morgan fingerprint density at radius 3 is 1.95 bits per heavy atom. The monoisotopic (exact) mass is 895 g/mol. The lowest BCUT2D eigenvalue weighted by molar-refractivity contribution is -0.131. The van der Waals surface area contributed by atoms with Crippen LogP contribution in [0.15, 0.2) is 78.6 Å². The number of aryl methyl sites for hydroxylation is 2. The van der Waals surface area contributed by atoms with E-state index in [4.69, 9.17) is 10.3 Å². The summed E-state index contributed by atoms with van der Waals surface area (Å²) in [5.41, 5.74) is 11.4. The molecule has 0 saturated heterocycles. The van der Waals surface area contributed by atoms with Crippen molar-refractivity contribution in [1.82, 2.24) is 16.0 Å². The molecule has 330 valence electrons. The first-order chi connectivity index (χ1) is 27.3. The zero-order valence-electron chi connectivity index (χ0n) is 34.3. The van der Waals surface area contributed by atoms with Crippen LogP contribution in [-0.4, -0.2) is 104 Å². The number of fused-ring (bicyclic) bond motifs is 1. The average molecular weight is 896 g/mol. The molecule has 0 aliphatic carbocycles. The highest BCUT2D eigenvalue weighted by Gasteiger charge is 2.39. The van der Waals surface area contributed by atoms with Gasteiger partial charge in [0.2, 0.25) is 17.7 Å². The molecule has 0 aromatic heterocycles. The minimum absolute atomic E-state index is 0.219. The van der Waals surface area contributed by atoms with Gasteiger partial charge in [0.05, 0.1) is 5.75 Å². The van der Waals surface area contributed by atoms with Gasteiger partial charge >= 0.3 is 0 Å². The lowest BCUT2D eigenvalue weighted by Crippen LogP contribution is -2.59. The highest BCUT2D eigenvalue weighted by atomic mass is 32.2. The first kappa shape index (κ1) is 49.5. The van der Waals surface area contributed by atoms with Crippen molar-refractivity contribution in [2.24, 2.45) is 5.73 Å². The van der Waals surface area contributed by atoms with Crippen LogP contribution < -0.4 is 26.6 Å². The van der Waals surface area contributed by atoms with E-state index in [0.29, 0.717) is 5.56 Å². The molecule has 0 bridgehead atoms. The molecule has 3 atom stereocenters. The Morgan fingerprint density at radius 2 is 1.38 bits per heavy atom. The third kappa shape index (κ3) is 13.3. The summed E-state index contributed by atoms with van der Waals surface area (Å²) in [6.45, 7) is 16.0. The largest absolute Gasteiger partial charge is 0.508 e. The van der Waals surface area contributed by atoms with Gasteiger partial charge in [0, 0.05) is 41.9 Å². The zero-order valence-corrected chi connectivity index (χ0v) is 36.7. The SMILES string of the molecule is C=C(/C=C/C=C/C=C1/N(C)c2cc(O)c(C)cc2C1(C)C)C(C)(C)c1cc(CNC(=O)C(CS(=O)(=O)O)NC(=O)C(CS(=O)(=O)O)NC(=O)C(N)CS(=O)(=O)O)ccc1C. The molecule has 0 spiro atoms. The number of hydrogen-bond acceptors (Lipinski definition) is 12. The normalized spacial score (nSPS) is 16.7. The van der Waals surface area contributed by atoms with Crippen molar-refractivity contribution in [1.29, 1.82) is 0 Å². The van der Waals surface area contributed by atoms with Crippen molar-refractivity contribution >= 4 is 53.8 Å². The summed E-state index contributed by atoms with van der Waals surface area (Å²) in [6.07, 6.45) is 9.53. The number of amides is 3. The van der Waals surface area contributed by atoms with Gasteiger partial charge in [-0.1, -0.05) is 76.8 Å². The zero-order chi connectivity index (χ0) is 45.8. The van der Waals surface area contributed by atoms with E-state index in [2.05, 4.69) is 30.6 Å². The second kappa shape index (κ2) is 18.8.